The molecule has 0 spiro atoms. The average molecular weight is 442 g/mol. The first kappa shape index (κ1) is 22.5. The van der Waals surface area contributed by atoms with Crippen molar-refractivity contribution in [1.29, 1.82) is 0 Å². The monoisotopic (exact) mass is 441 g/mol. The van der Waals surface area contributed by atoms with Crippen LogP contribution in [0.15, 0.2) is 59.8 Å². The lowest BCUT2D eigenvalue weighted by Gasteiger charge is -2.21. The van der Waals surface area contributed by atoms with Gasteiger partial charge in [0.2, 0.25) is 5.91 Å². The number of aromatic nitrogens is 3. The maximum absolute atomic E-state index is 13.3. The zero-order valence-corrected chi connectivity index (χ0v) is 18.3. The summed E-state index contributed by atoms with van der Waals surface area (Å²) in [5, 5.41) is 14.6. The van der Waals surface area contributed by atoms with Gasteiger partial charge in [-0.3, -0.25) is 9.59 Å². The number of anilines is 1. The molecular formula is C22H24FN5O2S. The molecule has 7 nitrogen and oxygen atoms in total. The summed E-state index contributed by atoms with van der Waals surface area (Å²) in [6.45, 7) is 3.98. The maximum atomic E-state index is 13.3. The van der Waals surface area contributed by atoms with Crippen molar-refractivity contribution in [3.8, 4) is 0 Å². The van der Waals surface area contributed by atoms with Crippen LogP contribution in [0.3, 0.4) is 0 Å². The van der Waals surface area contributed by atoms with Gasteiger partial charge in [0.05, 0.1) is 11.8 Å². The van der Waals surface area contributed by atoms with Crippen molar-refractivity contribution in [1.82, 2.24) is 20.1 Å². The summed E-state index contributed by atoms with van der Waals surface area (Å²) in [6, 6.07) is 14.4. The van der Waals surface area contributed by atoms with E-state index in [1.807, 2.05) is 32.0 Å². The quantitative estimate of drug-likeness (QED) is 0.519. The van der Waals surface area contributed by atoms with E-state index in [-0.39, 0.29) is 29.5 Å². The second-order valence-corrected chi connectivity index (χ2v) is 8.25. The highest BCUT2D eigenvalue weighted by Crippen LogP contribution is 2.24. The van der Waals surface area contributed by atoms with Crippen LogP contribution in [0.2, 0.25) is 0 Å². The molecule has 0 aliphatic heterocycles. The fourth-order valence-corrected chi connectivity index (χ4v) is 3.68. The van der Waals surface area contributed by atoms with E-state index in [0.29, 0.717) is 22.2 Å². The number of hydrogen-bond acceptors (Lipinski definition) is 5. The van der Waals surface area contributed by atoms with Crippen molar-refractivity contribution in [3.63, 3.8) is 0 Å². The lowest BCUT2D eigenvalue weighted by Crippen LogP contribution is -2.33. The molecule has 3 aromatic rings. The van der Waals surface area contributed by atoms with Gasteiger partial charge in [-0.25, -0.2) is 4.39 Å². The molecule has 162 valence electrons. The molecule has 0 saturated heterocycles. The Balaban J connectivity index is 1.65. The lowest BCUT2D eigenvalue weighted by atomic mass is 10.0. The third-order valence-electron chi connectivity index (χ3n) is 4.58. The SMILES string of the molecule is CC(C)[C@@H](NC(=O)c1ccccc1)c1nnc(SCC(=O)Nc2cccc(F)c2)n1C. The van der Waals surface area contributed by atoms with Crippen LogP contribution >= 0.6 is 11.8 Å². The van der Waals surface area contributed by atoms with Crippen LogP contribution in [0.4, 0.5) is 10.1 Å². The Labute approximate surface area is 184 Å². The van der Waals surface area contributed by atoms with Gasteiger partial charge in [-0.2, -0.15) is 0 Å². The highest BCUT2D eigenvalue weighted by atomic mass is 32.2. The predicted molar refractivity (Wildman–Crippen MR) is 118 cm³/mol. The zero-order chi connectivity index (χ0) is 22.4. The Kier molecular flexibility index (Phi) is 7.41. The summed E-state index contributed by atoms with van der Waals surface area (Å²) in [5.41, 5.74) is 0.965. The number of thioether (sulfide) groups is 1. The number of hydrogen-bond donors (Lipinski definition) is 2. The van der Waals surface area contributed by atoms with Gasteiger partial charge in [0.25, 0.3) is 5.91 Å². The van der Waals surface area contributed by atoms with E-state index < -0.39 is 5.82 Å². The topological polar surface area (TPSA) is 88.9 Å². The van der Waals surface area contributed by atoms with Gasteiger partial charge < -0.3 is 15.2 Å². The molecule has 2 amide bonds. The second kappa shape index (κ2) is 10.2. The highest BCUT2D eigenvalue weighted by Gasteiger charge is 2.25. The summed E-state index contributed by atoms with van der Waals surface area (Å²) in [5.74, 6) is -0.118. The number of carbonyl (C=O) groups excluding carboxylic acids is 2. The first-order valence-corrected chi connectivity index (χ1v) is 10.8. The molecule has 0 aliphatic rings. The first-order chi connectivity index (χ1) is 14.8. The smallest absolute Gasteiger partial charge is 0.251 e. The summed E-state index contributed by atoms with van der Waals surface area (Å²) in [7, 11) is 1.80. The van der Waals surface area contributed by atoms with E-state index in [2.05, 4.69) is 20.8 Å². The third-order valence-corrected chi connectivity index (χ3v) is 5.60. The predicted octanol–water partition coefficient (Wildman–Crippen LogP) is 3.81. The minimum Gasteiger partial charge on any atom is -0.342 e. The van der Waals surface area contributed by atoms with Crippen molar-refractivity contribution in [2.75, 3.05) is 11.1 Å². The Bertz CT molecular complexity index is 1060. The van der Waals surface area contributed by atoms with E-state index in [0.717, 1.165) is 0 Å². The molecule has 0 unspecified atom stereocenters. The molecule has 0 radical (unpaired) electrons. The van der Waals surface area contributed by atoms with Crippen molar-refractivity contribution in [2.24, 2.45) is 13.0 Å². The normalized spacial score (nSPS) is 11.9. The van der Waals surface area contributed by atoms with Gasteiger partial charge in [0.1, 0.15) is 5.82 Å². The molecule has 9 heteroatoms. The number of amides is 2. The molecule has 31 heavy (non-hydrogen) atoms. The Hall–Kier alpha value is -3.20. The minimum absolute atomic E-state index is 0.0738. The molecule has 3 rings (SSSR count). The number of nitrogens with one attached hydrogen (secondary N) is 2. The summed E-state index contributed by atoms with van der Waals surface area (Å²) in [4.78, 5) is 24.8. The standard InChI is InChI=1S/C22H24FN5O2S/c1-14(2)19(25-21(30)15-8-5-4-6-9-15)20-26-27-22(28(20)3)31-13-18(29)24-17-11-7-10-16(23)12-17/h4-12,14,19H,13H2,1-3H3,(H,24,29)(H,25,30)/t19-/m1/s1. The van der Waals surface area contributed by atoms with Gasteiger partial charge in [-0.1, -0.05) is 49.9 Å². The van der Waals surface area contributed by atoms with Crippen LogP contribution in [0.1, 0.15) is 36.1 Å². The second-order valence-electron chi connectivity index (χ2n) is 7.31. The Morgan fingerprint density at radius 3 is 2.52 bits per heavy atom. The fourth-order valence-electron chi connectivity index (χ4n) is 2.96. The molecule has 0 saturated carbocycles. The fraction of sp³-hybridized carbons (Fsp3) is 0.273. The van der Waals surface area contributed by atoms with Gasteiger partial charge in [0.15, 0.2) is 11.0 Å². The van der Waals surface area contributed by atoms with E-state index in [9.17, 15) is 14.0 Å². The molecule has 0 fully saturated rings. The number of benzene rings is 2. The van der Waals surface area contributed by atoms with Crippen LogP contribution in [0, 0.1) is 11.7 Å². The van der Waals surface area contributed by atoms with Crippen LogP contribution in [0.5, 0.6) is 0 Å². The molecule has 1 atom stereocenters. The van der Waals surface area contributed by atoms with Crippen LogP contribution in [-0.2, 0) is 11.8 Å². The van der Waals surface area contributed by atoms with Crippen LogP contribution < -0.4 is 10.6 Å². The van der Waals surface area contributed by atoms with Gasteiger partial charge in [0, 0.05) is 18.3 Å². The van der Waals surface area contributed by atoms with Crippen molar-refractivity contribution < 1.29 is 14.0 Å². The molecule has 1 heterocycles. The van der Waals surface area contributed by atoms with E-state index in [4.69, 9.17) is 0 Å². The first-order valence-electron chi connectivity index (χ1n) is 9.78. The summed E-state index contributed by atoms with van der Waals surface area (Å²) in [6.07, 6.45) is 0. The maximum Gasteiger partial charge on any atom is 0.251 e. The third kappa shape index (κ3) is 5.91. The summed E-state index contributed by atoms with van der Waals surface area (Å²) < 4.78 is 15.0. The molecular weight excluding hydrogens is 417 g/mol. The largest absolute Gasteiger partial charge is 0.342 e. The molecule has 0 aliphatic carbocycles. The molecule has 2 N–H and O–H groups in total. The van der Waals surface area contributed by atoms with Crippen molar-refractivity contribution in [2.45, 2.75) is 25.0 Å². The average Bonchev–Trinajstić information content (AvgIpc) is 3.10. The van der Waals surface area contributed by atoms with E-state index >= 15 is 0 Å². The lowest BCUT2D eigenvalue weighted by molar-refractivity contribution is -0.113. The van der Waals surface area contributed by atoms with E-state index in [1.165, 1.54) is 30.0 Å². The van der Waals surface area contributed by atoms with Crippen LogP contribution in [-0.4, -0.2) is 32.3 Å². The van der Waals surface area contributed by atoms with Gasteiger partial charge >= 0.3 is 0 Å². The number of halogens is 1. The van der Waals surface area contributed by atoms with E-state index in [1.54, 1.807) is 29.8 Å². The number of carbonyl (C=O) groups is 2. The number of nitrogens with zero attached hydrogens (tertiary/aromatic N) is 3. The van der Waals surface area contributed by atoms with Gasteiger partial charge in [-0.05, 0) is 36.2 Å². The van der Waals surface area contributed by atoms with Gasteiger partial charge in [-0.15, -0.1) is 10.2 Å². The molecule has 1 aromatic heterocycles. The Morgan fingerprint density at radius 2 is 1.84 bits per heavy atom. The Morgan fingerprint density at radius 1 is 1.10 bits per heavy atom. The van der Waals surface area contributed by atoms with Crippen LogP contribution in [0.25, 0.3) is 0 Å². The minimum atomic E-state index is -0.416. The molecule has 2 aromatic carbocycles. The van der Waals surface area contributed by atoms with Crippen molar-refractivity contribution >= 4 is 29.3 Å². The highest BCUT2D eigenvalue weighted by molar-refractivity contribution is 7.99. The zero-order valence-electron chi connectivity index (χ0n) is 17.5. The van der Waals surface area contributed by atoms with Crippen molar-refractivity contribution in [3.05, 3.63) is 71.8 Å². The summed E-state index contributed by atoms with van der Waals surface area (Å²) >= 11 is 1.21. The molecule has 0 bridgehead atoms. The number of rotatable bonds is 8.